The fourth-order valence-electron chi connectivity index (χ4n) is 2.79. The molecule has 0 saturated heterocycles. The molecule has 0 spiro atoms. The minimum absolute atomic E-state index is 0.177. The highest BCUT2D eigenvalue weighted by molar-refractivity contribution is 5.47. The molecule has 3 nitrogen and oxygen atoms in total. The van der Waals surface area contributed by atoms with Gasteiger partial charge in [0.1, 0.15) is 0 Å². The van der Waals surface area contributed by atoms with Crippen molar-refractivity contribution in [2.45, 2.75) is 64.0 Å². The van der Waals surface area contributed by atoms with Crippen molar-refractivity contribution in [3.8, 4) is 11.5 Å². The van der Waals surface area contributed by atoms with Crippen molar-refractivity contribution in [3.63, 3.8) is 0 Å². The first-order valence-electron chi connectivity index (χ1n) is 7.82. The third-order valence-corrected chi connectivity index (χ3v) is 4.12. The number of methoxy groups -OCH3 is 1. The normalized spacial score (nSPS) is 17.8. The first kappa shape index (κ1) is 15.2. The zero-order valence-corrected chi connectivity index (χ0v) is 12.7. The molecule has 112 valence electrons. The Balaban J connectivity index is 2.17. The number of hydrogen-bond acceptors (Lipinski definition) is 3. The van der Waals surface area contributed by atoms with Crippen LogP contribution in [0.1, 0.15) is 51.0 Å². The Morgan fingerprint density at radius 1 is 1.25 bits per heavy atom. The molecular formula is C17H27NO2. The van der Waals surface area contributed by atoms with Crippen LogP contribution in [0.25, 0.3) is 0 Å². The third-order valence-electron chi connectivity index (χ3n) is 4.12. The van der Waals surface area contributed by atoms with Gasteiger partial charge >= 0.3 is 0 Å². The zero-order valence-electron chi connectivity index (χ0n) is 12.7. The highest BCUT2D eigenvalue weighted by Gasteiger charge is 2.19. The van der Waals surface area contributed by atoms with Gasteiger partial charge in [-0.25, -0.2) is 0 Å². The lowest BCUT2D eigenvalue weighted by Crippen LogP contribution is -2.24. The Bertz CT molecular complexity index is 413. The Morgan fingerprint density at radius 3 is 2.65 bits per heavy atom. The molecule has 0 aromatic heterocycles. The van der Waals surface area contributed by atoms with Crippen molar-refractivity contribution in [2.75, 3.05) is 7.11 Å². The SMILES string of the molecule is CCC(N)Cc1cccc(OC)c1OC1CCCCC1. The average molecular weight is 277 g/mol. The highest BCUT2D eigenvalue weighted by atomic mass is 16.5. The molecule has 1 aliphatic rings. The van der Waals surface area contributed by atoms with E-state index in [2.05, 4.69) is 13.0 Å². The van der Waals surface area contributed by atoms with Crippen LogP contribution in [0.5, 0.6) is 11.5 Å². The van der Waals surface area contributed by atoms with Crippen molar-refractivity contribution in [3.05, 3.63) is 23.8 Å². The molecule has 3 heteroatoms. The van der Waals surface area contributed by atoms with E-state index in [0.717, 1.165) is 37.2 Å². The summed E-state index contributed by atoms with van der Waals surface area (Å²) < 4.78 is 11.8. The average Bonchev–Trinajstić information content (AvgIpc) is 2.49. The monoisotopic (exact) mass is 277 g/mol. The van der Waals surface area contributed by atoms with Gasteiger partial charge in [0.2, 0.25) is 0 Å². The summed E-state index contributed by atoms with van der Waals surface area (Å²) in [6.07, 6.45) is 8.31. The van der Waals surface area contributed by atoms with Crippen LogP contribution >= 0.6 is 0 Å². The maximum absolute atomic E-state index is 6.27. The summed E-state index contributed by atoms with van der Waals surface area (Å²) in [6.45, 7) is 2.12. The van der Waals surface area contributed by atoms with Crippen molar-refractivity contribution in [1.82, 2.24) is 0 Å². The summed E-state index contributed by atoms with van der Waals surface area (Å²) >= 11 is 0. The van der Waals surface area contributed by atoms with Gasteiger partial charge in [0, 0.05) is 6.04 Å². The largest absolute Gasteiger partial charge is 0.493 e. The van der Waals surface area contributed by atoms with Gasteiger partial charge in [-0.3, -0.25) is 0 Å². The molecule has 0 aliphatic heterocycles. The number of nitrogens with two attached hydrogens (primary N) is 1. The number of ether oxygens (including phenoxy) is 2. The lowest BCUT2D eigenvalue weighted by molar-refractivity contribution is 0.148. The van der Waals surface area contributed by atoms with E-state index in [1.807, 2.05) is 12.1 Å². The minimum Gasteiger partial charge on any atom is -0.493 e. The molecule has 0 amide bonds. The van der Waals surface area contributed by atoms with E-state index in [9.17, 15) is 0 Å². The fraction of sp³-hybridized carbons (Fsp3) is 0.647. The molecule has 2 N–H and O–H groups in total. The molecule has 0 heterocycles. The van der Waals surface area contributed by atoms with E-state index in [1.165, 1.54) is 24.8 Å². The summed E-state index contributed by atoms with van der Waals surface area (Å²) in [6, 6.07) is 6.27. The molecule has 1 aliphatic carbocycles. The predicted molar refractivity (Wildman–Crippen MR) is 82.5 cm³/mol. The summed E-state index contributed by atoms with van der Waals surface area (Å²) in [5.41, 5.74) is 7.27. The summed E-state index contributed by atoms with van der Waals surface area (Å²) in [7, 11) is 1.70. The number of para-hydroxylation sites is 1. The minimum atomic E-state index is 0.177. The molecule has 1 fully saturated rings. The third kappa shape index (κ3) is 3.89. The van der Waals surface area contributed by atoms with Gasteiger partial charge in [-0.2, -0.15) is 0 Å². The first-order chi connectivity index (χ1) is 9.74. The van der Waals surface area contributed by atoms with Gasteiger partial charge < -0.3 is 15.2 Å². The van der Waals surface area contributed by atoms with Crippen molar-refractivity contribution in [2.24, 2.45) is 5.73 Å². The molecule has 1 saturated carbocycles. The molecule has 1 aromatic carbocycles. The van der Waals surface area contributed by atoms with Crippen LogP contribution in [0.2, 0.25) is 0 Å². The molecule has 2 rings (SSSR count). The van der Waals surface area contributed by atoms with E-state index in [4.69, 9.17) is 15.2 Å². The van der Waals surface area contributed by atoms with Gasteiger partial charge in [-0.15, -0.1) is 0 Å². The maximum atomic E-state index is 6.27. The second-order valence-corrected chi connectivity index (χ2v) is 5.70. The van der Waals surface area contributed by atoms with Crippen LogP contribution in [-0.2, 0) is 6.42 Å². The molecule has 20 heavy (non-hydrogen) atoms. The first-order valence-corrected chi connectivity index (χ1v) is 7.82. The maximum Gasteiger partial charge on any atom is 0.164 e. The lowest BCUT2D eigenvalue weighted by Gasteiger charge is -2.26. The molecule has 1 atom stereocenters. The van der Waals surface area contributed by atoms with E-state index >= 15 is 0 Å². The van der Waals surface area contributed by atoms with Crippen molar-refractivity contribution >= 4 is 0 Å². The second kappa shape index (κ2) is 7.53. The van der Waals surface area contributed by atoms with Crippen LogP contribution < -0.4 is 15.2 Å². The van der Waals surface area contributed by atoms with Gasteiger partial charge in [0.25, 0.3) is 0 Å². The highest BCUT2D eigenvalue weighted by Crippen LogP contribution is 2.35. The van der Waals surface area contributed by atoms with E-state index in [1.54, 1.807) is 7.11 Å². The van der Waals surface area contributed by atoms with Crippen LogP contribution in [-0.4, -0.2) is 19.3 Å². The van der Waals surface area contributed by atoms with Gasteiger partial charge in [-0.05, 0) is 50.2 Å². The molecular weight excluding hydrogens is 250 g/mol. The van der Waals surface area contributed by atoms with Crippen molar-refractivity contribution in [1.29, 1.82) is 0 Å². The van der Waals surface area contributed by atoms with Crippen LogP contribution in [0.3, 0.4) is 0 Å². The summed E-state index contributed by atoms with van der Waals surface area (Å²) in [5, 5.41) is 0. The van der Waals surface area contributed by atoms with Crippen molar-refractivity contribution < 1.29 is 9.47 Å². The number of hydrogen-bond donors (Lipinski definition) is 1. The van der Waals surface area contributed by atoms with E-state index < -0.39 is 0 Å². The van der Waals surface area contributed by atoms with Crippen LogP contribution in [0.4, 0.5) is 0 Å². The zero-order chi connectivity index (χ0) is 14.4. The van der Waals surface area contributed by atoms with E-state index in [0.29, 0.717) is 6.10 Å². The summed E-state index contributed by atoms with van der Waals surface area (Å²) in [5.74, 6) is 1.74. The smallest absolute Gasteiger partial charge is 0.164 e. The quantitative estimate of drug-likeness (QED) is 0.862. The van der Waals surface area contributed by atoms with E-state index in [-0.39, 0.29) is 6.04 Å². The number of rotatable bonds is 6. The standard InChI is InChI=1S/C17H27NO2/c1-3-14(18)12-13-8-7-11-16(19-2)17(13)20-15-9-5-4-6-10-15/h7-8,11,14-15H,3-6,9-10,12,18H2,1-2H3. The molecule has 0 radical (unpaired) electrons. The Hall–Kier alpha value is -1.22. The van der Waals surface area contributed by atoms with Gasteiger partial charge in [0.05, 0.1) is 13.2 Å². The van der Waals surface area contributed by atoms with Crippen LogP contribution in [0.15, 0.2) is 18.2 Å². The Labute approximate surface area is 122 Å². The predicted octanol–water partition coefficient (Wildman–Crippen LogP) is 3.69. The molecule has 0 bridgehead atoms. The number of benzene rings is 1. The van der Waals surface area contributed by atoms with Gasteiger partial charge in [-0.1, -0.05) is 25.5 Å². The second-order valence-electron chi connectivity index (χ2n) is 5.70. The summed E-state index contributed by atoms with van der Waals surface area (Å²) in [4.78, 5) is 0. The molecule has 1 unspecified atom stereocenters. The lowest BCUT2D eigenvalue weighted by atomic mass is 9.97. The molecule has 1 aromatic rings. The topological polar surface area (TPSA) is 44.5 Å². The Morgan fingerprint density at radius 2 is 2.00 bits per heavy atom. The fourth-order valence-corrected chi connectivity index (χ4v) is 2.79. The Kier molecular flexibility index (Phi) is 5.72. The van der Waals surface area contributed by atoms with Crippen LogP contribution in [0, 0.1) is 0 Å². The van der Waals surface area contributed by atoms with Gasteiger partial charge in [0.15, 0.2) is 11.5 Å².